The number of rotatable bonds is 11. The van der Waals surface area contributed by atoms with Gasteiger partial charge in [-0.1, -0.05) is 89.2 Å². The highest BCUT2D eigenvalue weighted by molar-refractivity contribution is 5.63. The van der Waals surface area contributed by atoms with E-state index in [1.54, 1.807) is 0 Å². The van der Waals surface area contributed by atoms with E-state index in [0.29, 0.717) is 30.5 Å². The first kappa shape index (κ1) is 25.8. The van der Waals surface area contributed by atoms with E-state index < -0.39 is 0 Å². The van der Waals surface area contributed by atoms with Gasteiger partial charge in [0, 0.05) is 0 Å². The van der Waals surface area contributed by atoms with Crippen LogP contribution in [-0.2, 0) is 4.74 Å². The number of ether oxygens (including phenoxy) is 3. The van der Waals surface area contributed by atoms with Crippen LogP contribution in [0.3, 0.4) is 0 Å². The highest BCUT2D eigenvalue weighted by Crippen LogP contribution is 2.36. The molecule has 0 aliphatic carbocycles. The summed E-state index contributed by atoms with van der Waals surface area (Å²) in [4.78, 5) is 0. The zero-order valence-corrected chi connectivity index (χ0v) is 21.6. The first-order chi connectivity index (χ1) is 16.2. The van der Waals surface area contributed by atoms with Gasteiger partial charge in [0.2, 0.25) is 0 Å². The summed E-state index contributed by atoms with van der Waals surface area (Å²) in [6.07, 6.45) is 0.824. The van der Waals surface area contributed by atoms with Crippen LogP contribution in [0.2, 0.25) is 0 Å². The third kappa shape index (κ3) is 8.22. The summed E-state index contributed by atoms with van der Waals surface area (Å²) in [5.41, 5.74) is 4.05. The molecule has 3 aromatic carbocycles. The summed E-state index contributed by atoms with van der Waals surface area (Å²) < 4.78 is 17.6. The minimum atomic E-state index is -0.342. The Hall–Kier alpha value is -2.78. The molecule has 34 heavy (non-hydrogen) atoms. The highest BCUT2D eigenvalue weighted by atomic mass is 16.7. The van der Waals surface area contributed by atoms with Gasteiger partial charge in [-0.2, -0.15) is 0 Å². The second-order valence-corrected chi connectivity index (χ2v) is 10.5. The predicted octanol–water partition coefficient (Wildman–Crippen LogP) is 8.35. The SMILES string of the molecule is CC(OCCOc1ccc(-c2ccccc2)cc1)Oc1ccc(C(CC(C)(C)C)C(C)C)cc1. The monoisotopic (exact) mass is 460 g/mol. The topological polar surface area (TPSA) is 27.7 Å². The third-order valence-electron chi connectivity index (χ3n) is 5.91. The molecule has 3 aromatic rings. The van der Waals surface area contributed by atoms with Crippen molar-refractivity contribution in [3.8, 4) is 22.6 Å². The summed E-state index contributed by atoms with van der Waals surface area (Å²) >= 11 is 0. The van der Waals surface area contributed by atoms with Crippen LogP contribution in [0.4, 0.5) is 0 Å². The molecule has 0 radical (unpaired) electrons. The first-order valence-electron chi connectivity index (χ1n) is 12.4. The Balaban J connectivity index is 1.42. The molecule has 2 atom stereocenters. The Kier molecular flexibility index (Phi) is 9.18. The van der Waals surface area contributed by atoms with Crippen molar-refractivity contribution < 1.29 is 14.2 Å². The normalized spacial score (nSPS) is 13.5. The molecule has 2 unspecified atom stereocenters. The lowest BCUT2D eigenvalue weighted by Crippen LogP contribution is -2.20. The molecular formula is C31H40O3. The third-order valence-corrected chi connectivity index (χ3v) is 5.91. The van der Waals surface area contributed by atoms with E-state index in [2.05, 4.69) is 83.1 Å². The fourth-order valence-corrected chi connectivity index (χ4v) is 4.17. The Morgan fingerprint density at radius 2 is 1.26 bits per heavy atom. The summed E-state index contributed by atoms with van der Waals surface area (Å²) in [6.45, 7) is 14.4. The molecule has 0 spiro atoms. The molecule has 0 aromatic heterocycles. The largest absolute Gasteiger partial charge is 0.491 e. The summed E-state index contributed by atoms with van der Waals surface area (Å²) in [7, 11) is 0. The maximum atomic E-state index is 5.95. The van der Waals surface area contributed by atoms with Gasteiger partial charge in [0.05, 0.1) is 6.61 Å². The Labute approximate surface area is 206 Å². The van der Waals surface area contributed by atoms with Crippen LogP contribution in [0.15, 0.2) is 78.9 Å². The minimum absolute atomic E-state index is 0.304. The van der Waals surface area contributed by atoms with Gasteiger partial charge in [0.15, 0.2) is 6.29 Å². The van der Waals surface area contributed by atoms with Gasteiger partial charge in [0.25, 0.3) is 0 Å². The molecule has 3 heteroatoms. The molecule has 0 saturated carbocycles. The van der Waals surface area contributed by atoms with E-state index in [1.807, 2.05) is 37.3 Å². The number of benzene rings is 3. The average Bonchev–Trinajstić information content (AvgIpc) is 2.81. The van der Waals surface area contributed by atoms with Crippen molar-refractivity contribution in [1.82, 2.24) is 0 Å². The Morgan fingerprint density at radius 1 is 0.676 bits per heavy atom. The molecule has 0 N–H and O–H groups in total. The van der Waals surface area contributed by atoms with Crippen LogP contribution in [-0.4, -0.2) is 19.5 Å². The molecule has 0 heterocycles. The van der Waals surface area contributed by atoms with Crippen LogP contribution >= 0.6 is 0 Å². The van der Waals surface area contributed by atoms with E-state index >= 15 is 0 Å². The molecule has 3 nitrogen and oxygen atoms in total. The van der Waals surface area contributed by atoms with Crippen molar-refractivity contribution in [1.29, 1.82) is 0 Å². The number of hydrogen-bond acceptors (Lipinski definition) is 3. The van der Waals surface area contributed by atoms with E-state index in [-0.39, 0.29) is 6.29 Å². The van der Waals surface area contributed by atoms with Crippen LogP contribution in [0.5, 0.6) is 11.5 Å². The Bertz CT molecular complexity index is 970. The van der Waals surface area contributed by atoms with E-state index in [0.717, 1.165) is 11.5 Å². The molecular weight excluding hydrogens is 420 g/mol. The van der Waals surface area contributed by atoms with Crippen molar-refractivity contribution in [2.75, 3.05) is 13.2 Å². The summed E-state index contributed by atoms with van der Waals surface area (Å²) in [6, 6.07) is 27.0. The molecule has 3 rings (SSSR count). The fraction of sp³-hybridized carbons (Fsp3) is 0.419. The predicted molar refractivity (Wildman–Crippen MR) is 142 cm³/mol. The zero-order valence-electron chi connectivity index (χ0n) is 21.6. The van der Waals surface area contributed by atoms with Crippen molar-refractivity contribution in [3.05, 3.63) is 84.4 Å². The average molecular weight is 461 g/mol. The standard InChI is InChI=1S/C31H40O3/c1-23(2)30(22-31(4,5)6)27-14-18-29(19-15-27)34-24(3)32-20-21-33-28-16-12-26(13-17-28)25-10-8-7-9-11-25/h7-19,23-24,30H,20-22H2,1-6H3. The summed E-state index contributed by atoms with van der Waals surface area (Å²) in [5, 5.41) is 0. The number of hydrogen-bond donors (Lipinski definition) is 0. The van der Waals surface area contributed by atoms with Gasteiger partial charge in [-0.15, -0.1) is 0 Å². The van der Waals surface area contributed by atoms with Crippen LogP contribution < -0.4 is 9.47 Å². The van der Waals surface area contributed by atoms with E-state index in [1.165, 1.54) is 23.1 Å². The van der Waals surface area contributed by atoms with Crippen LogP contribution in [0.1, 0.15) is 59.4 Å². The van der Waals surface area contributed by atoms with Gasteiger partial charge < -0.3 is 14.2 Å². The van der Waals surface area contributed by atoms with Crippen LogP contribution in [0, 0.1) is 11.3 Å². The second kappa shape index (κ2) is 12.1. The van der Waals surface area contributed by atoms with Crippen LogP contribution in [0.25, 0.3) is 11.1 Å². The van der Waals surface area contributed by atoms with Gasteiger partial charge >= 0.3 is 0 Å². The van der Waals surface area contributed by atoms with Gasteiger partial charge in [-0.05, 0) is 71.6 Å². The molecule has 0 bridgehead atoms. The van der Waals surface area contributed by atoms with Gasteiger partial charge in [-0.25, -0.2) is 0 Å². The first-order valence-corrected chi connectivity index (χ1v) is 12.4. The van der Waals surface area contributed by atoms with Crippen molar-refractivity contribution >= 4 is 0 Å². The second-order valence-electron chi connectivity index (χ2n) is 10.5. The quantitative estimate of drug-likeness (QED) is 0.212. The molecule has 0 amide bonds. The molecule has 0 aliphatic rings. The van der Waals surface area contributed by atoms with E-state index in [9.17, 15) is 0 Å². The van der Waals surface area contributed by atoms with Gasteiger partial charge in [-0.3, -0.25) is 0 Å². The summed E-state index contributed by atoms with van der Waals surface area (Å²) in [5.74, 6) is 2.80. The van der Waals surface area contributed by atoms with E-state index in [4.69, 9.17) is 14.2 Å². The Morgan fingerprint density at radius 3 is 1.85 bits per heavy atom. The molecule has 182 valence electrons. The molecule has 0 saturated heterocycles. The van der Waals surface area contributed by atoms with Crippen molar-refractivity contribution in [2.45, 2.75) is 60.2 Å². The lowest BCUT2D eigenvalue weighted by Gasteiger charge is -2.29. The van der Waals surface area contributed by atoms with Crippen molar-refractivity contribution in [3.63, 3.8) is 0 Å². The molecule has 0 fully saturated rings. The molecule has 0 aliphatic heterocycles. The maximum Gasteiger partial charge on any atom is 0.197 e. The lowest BCUT2D eigenvalue weighted by molar-refractivity contribution is -0.0739. The van der Waals surface area contributed by atoms with Gasteiger partial charge in [0.1, 0.15) is 18.1 Å². The maximum absolute atomic E-state index is 5.95. The minimum Gasteiger partial charge on any atom is -0.491 e. The zero-order chi connectivity index (χ0) is 24.6. The highest BCUT2D eigenvalue weighted by Gasteiger charge is 2.23. The fourth-order valence-electron chi connectivity index (χ4n) is 4.17. The lowest BCUT2D eigenvalue weighted by atomic mass is 9.76. The van der Waals surface area contributed by atoms with Crippen molar-refractivity contribution in [2.24, 2.45) is 11.3 Å². The smallest absolute Gasteiger partial charge is 0.197 e.